The third-order valence-corrected chi connectivity index (χ3v) is 3.86. The van der Waals surface area contributed by atoms with E-state index in [0.29, 0.717) is 31.7 Å². The summed E-state index contributed by atoms with van der Waals surface area (Å²) in [5, 5.41) is 24.3. The SMILES string of the molecule is O=[N+]([O-])c1cc(I)ccc1NCC1(O)CCOCC1. The molecule has 0 aliphatic carbocycles. The minimum Gasteiger partial charge on any atom is -0.388 e. The number of nitro benzene ring substituents is 1. The van der Waals surface area contributed by atoms with Crippen molar-refractivity contribution >= 4 is 34.0 Å². The standard InChI is InChI=1S/C12H15IN2O4/c13-9-1-2-10(11(7-9)15(17)18)14-8-12(16)3-5-19-6-4-12/h1-2,7,14,16H,3-6,8H2. The van der Waals surface area contributed by atoms with Crippen LogP contribution < -0.4 is 5.32 Å². The highest BCUT2D eigenvalue weighted by Crippen LogP contribution is 2.28. The molecular formula is C12H15IN2O4. The maximum Gasteiger partial charge on any atom is 0.293 e. The van der Waals surface area contributed by atoms with E-state index in [-0.39, 0.29) is 12.2 Å². The highest BCUT2D eigenvalue weighted by Gasteiger charge is 2.30. The zero-order chi connectivity index (χ0) is 13.9. The van der Waals surface area contributed by atoms with Gasteiger partial charge in [0.05, 0.1) is 10.5 Å². The van der Waals surface area contributed by atoms with Crippen LogP contribution in [0.5, 0.6) is 0 Å². The first kappa shape index (κ1) is 14.5. The summed E-state index contributed by atoms with van der Waals surface area (Å²) in [4.78, 5) is 10.6. The van der Waals surface area contributed by atoms with Gasteiger partial charge in [0.25, 0.3) is 5.69 Å². The fraction of sp³-hybridized carbons (Fsp3) is 0.500. The molecule has 0 unspecified atom stereocenters. The molecule has 1 aromatic carbocycles. The lowest BCUT2D eigenvalue weighted by Crippen LogP contribution is -2.42. The zero-order valence-corrected chi connectivity index (χ0v) is 12.4. The van der Waals surface area contributed by atoms with Crippen LogP contribution in [0.25, 0.3) is 0 Å². The molecule has 0 radical (unpaired) electrons. The molecular weight excluding hydrogens is 363 g/mol. The molecule has 6 nitrogen and oxygen atoms in total. The van der Waals surface area contributed by atoms with E-state index >= 15 is 0 Å². The lowest BCUT2D eigenvalue weighted by molar-refractivity contribution is -0.384. The molecule has 0 bridgehead atoms. The Morgan fingerprint density at radius 3 is 2.79 bits per heavy atom. The number of ether oxygens (including phenoxy) is 1. The van der Waals surface area contributed by atoms with Gasteiger partial charge in [-0.15, -0.1) is 0 Å². The molecule has 0 aromatic heterocycles. The Morgan fingerprint density at radius 1 is 1.47 bits per heavy atom. The molecule has 1 aliphatic rings. The molecule has 1 aliphatic heterocycles. The number of halogens is 1. The van der Waals surface area contributed by atoms with Gasteiger partial charge < -0.3 is 15.2 Å². The van der Waals surface area contributed by atoms with E-state index in [0.717, 1.165) is 3.57 Å². The first-order valence-electron chi connectivity index (χ1n) is 5.98. The lowest BCUT2D eigenvalue weighted by atomic mass is 9.94. The van der Waals surface area contributed by atoms with E-state index in [2.05, 4.69) is 5.32 Å². The Balaban J connectivity index is 2.08. The van der Waals surface area contributed by atoms with Crippen LogP contribution in [0.4, 0.5) is 11.4 Å². The van der Waals surface area contributed by atoms with E-state index in [1.807, 2.05) is 22.6 Å². The van der Waals surface area contributed by atoms with Crippen molar-refractivity contribution in [2.45, 2.75) is 18.4 Å². The molecule has 0 saturated carbocycles. The summed E-state index contributed by atoms with van der Waals surface area (Å²) in [6.45, 7) is 1.33. The van der Waals surface area contributed by atoms with E-state index in [9.17, 15) is 15.2 Å². The fourth-order valence-corrected chi connectivity index (χ4v) is 2.47. The molecule has 2 rings (SSSR count). The van der Waals surface area contributed by atoms with E-state index in [1.54, 1.807) is 12.1 Å². The topological polar surface area (TPSA) is 84.6 Å². The summed E-state index contributed by atoms with van der Waals surface area (Å²) in [5.74, 6) is 0. The van der Waals surface area contributed by atoms with Gasteiger partial charge >= 0.3 is 0 Å². The van der Waals surface area contributed by atoms with Crippen LogP contribution in [0.15, 0.2) is 18.2 Å². The minimum atomic E-state index is -0.852. The molecule has 19 heavy (non-hydrogen) atoms. The molecule has 0 atom stereocenters. The molecule has 0 amide bonds. The van der Waals surface area contributed by atoms with Crippen molar-refractivity contribution in [3.8, 4) is 0 Å². The number of aliphatic hydroxyl groups is 1. The zero-order valence-electron chi connectivity index (χ0n) is 10.3. The van der Waals surface area contributed by atoms with Gasteiger partial charge in [0.1, 0.15) is 5.69 Å². The Labute approximate surface area is 124 Å². The third-order valence-electron chi connectivity index (χ3n) is 3.19. The molecule has 1 saturated heterocycles. The summed E-state index contributed by atoms with van der Waals surface area (Å²) in [7, 11) is 0. The second kappa shape index (κ2) is 6.02. The van der Waals surface area contributed by atoms with Gasteiger partial charge in [-0.25, -0.2) is 0 Å². The highest BCUT2D eigenvalue weighted by atomic mass is 127. The number of anilines is 1. The molecule has 7 heteroatoms. The van der Waals surface area contributed by atoms with Crippen LogP contribution in [-0.2, 0) is 4.74 Å². The van der Waals surface area contributed by atoms with Gasteiger partial charge in [0.2, 0.25) is 0 Å². The maximum absolute atomic E-state index is 11.0. The quantitative estimate of drug-likeness (QED) is 0.477. The van der Waals surface area contributed by atoms with Crippen LogP contribution in [0.2, 0.25) is 0 Å². The number of hydrogen-bond acceptors (Lipinski definition) is 5. The lowest BCUT2D eigenvalue weighted by Gasteiger charge is -2.32. The summed E-state index contributed by atoms with van der Waals surface area (Å²) in [6, 6.07) is 4.98. The second-order valence-electron chi connectivity index (χ2n) is 4.61. The van der Waals surface area contributed by atoms with Crippen molar-refractivity contribution in [3.05, 3.63) is 31.9 Å². The average Bonchev–Trinajstić information content (AvgIpc) is 2.38. The molecule has 0 spiro atoms. The Hall–Kier alpha value is -0.930. The van der Waals surface area contributed by atoms with Crippen LogP contribution >= 0.6 is 22.6 Å². The van der Waals surface area contributed by atoms with Gasteiger partial charge in [-0.2, -0.15) is 0 Å². The summed E-state index contributed by atoms with van der Waals surface area (Å²) >= 11 is 2.03. The predicted octanol–water partition coefficient (Wildman–Crippen LogP) is 2.15. The van der Waals surface area contributed by atoms with Crippen LogP contribution in [0.1, 0.15) is 12.8 Å². The Kier molecular flexibility index (Phi) is 4.58. The molecule has 1 heterocycles. The van der Waals surface area contributed by atoms with E-state index in [4.69, 9.17) is 4.74 Å². The number of nitrogens with one attached hydrogen (secondary N) is 1. The molecule has 2 N–H and O–H groups in total. The van der Waals surface area contributed by atoms with Crippen molar-refractivity contribution < 1.29 is 14.8 Å². The average molecular weight is 378 g/mol. The van der Waals surface area contributed by atoms with Gasteiger partial charge in [0, 0.05) is 42.2 Å². The number of nitrogens with zero attached hydrogens (tertiary/aromatic N) is 1. The van der Waals surface area contributed by atoms with Gasteiger partial charge in [-0.3, -0.25) is 10.1 Å². The van der Waals surface area contributed by atoms with E-state index in [1.165, 1.54) is 6.07 Å². The molecule has 1 fully saturated rings. The smallest absolute Gasteiger partial charge is 0.293 e. The van der Waals surface area contributed by atoms with Crippen molar-refractivity contribution in [2.24, 2.45) is 0 Å². The van der Waals surface area contributed by atoms with Crippen molar-refractivity contribution in [1.82, 2.24) is 0 Å². The second-order valence-corrected chi connectivity index (χ2v) is 5.85. The third kappa shape index (κ3) is 3.77. The summed E-state index contributed by atoms with van der Waals surface area (Å²) in [5.41, 5.74) is -0.386. The Bertz CT molecular complexity index is 475. The minimum absolute atomic E-state index is 0.0301. The molecule has 104 valence electrons. The van der Waals surface area contributed by atoms with Crippen LogP contribution in [-0.4, -0.2) is 35.4 Å². The van der Waals surface area contributed by atoms with Crippen LogP contribution in [0.3, 0.4) is 0 Å². The number of rotatable bonds is 4. The first-order valence-corrected chi connectivity index (χ1v) is 7.06. The van der Waals surface area contributed by atoms with Crippen LogP contribution in [0, 0.1) is 13.7 Å². The normalized spacial score (nSPS) is 18.0. The first-order chi connectivity index (χ1) is 9.00. The van der Waals surface area contributed by atoms with Gasteiger partial charge in [0.15, 0.2) is 0 Å². The maximum atomic E-state index is 11.0. The van der Waals surface area contributed by atoms with E-state index < -0.39 is 10.5 Å². The van der Waals surface area contributed by atoms with Crippen molar-refractivity contribution in [2.75, 3.05) is 25.1 Å². The number of hydrogen-bond donors (Lipinski definition) is 2. The fourth-order valence-electron chi connectivity index (χ4n) is 1.99. The largest absolute Gasteiger partial charge is 0.388 e. The monoisotopic (exact) mass is 378 g/mol. The van der Waals surface area contributed by atoms with Crippen molar-refractivity contribution in [1.29, 1.82) is 0 Å². The van der Waals surface area contributed by atoms with Gasteiger partial charge in [-0.05, 0) is 34.7 Å². The Morgan fingerprint density at radius 2 is 2.16 bits per heavy atom. The highest BCUT2D eigenvalue weighted by molar-refractivity contribution is 14.1. The van der Waals surface area contributed by atoms with Gasteiger partial charge in [-0.1, -0.05) is 0 Å². The number of nitro groups is 1. The number of benzene rings is 1. The molecule has 1 aromatic rings. The van der Waals surface area contributed by atoms with Crippen molar-refractivity contribution in [3.63, 3.8) is 0 Å². The summed E-state index contributed by atoms with van der Waals surface area (Å²) < 4.78 is 6.00. The summed E-state index contributed by atoms with van der Waals surface area (Å²) in [6.07, 6.45) is 1.08. The predicted molar refractivity (Wildman–Crippen MR) is 79.3 cm³/mol.